The van der Waals surface area contributed by atoms with Crippen molar-refractivity contribution in [3.63, 3.8) is 0 Å². The highest BCUT2D eigenvalue weighted by molar-refractivity contribution is 5.86. The summed E-state index contributed by atoms with van der Waals surface area (Å²) >= 11 is 0. The summed E-state index contributed by atoms with van der Waals surface area (Å²) in [6.07, 6.45) is 4.76. The van der Waals surface area contributed by atoms with Crippen molar-refractivity contribution in [2.75, 3.05) is 19.7 Å². The monoisotopic (exact) mass is 238 g/mol. The van der Waals surface area contributed by atoms with Crippen LogP contribution in [-0.4, -0.2) is 40.7 Å². The van der Waals surface area contributed by atoms with Crippen LogP contribution < -0.4 is 5.32 Å². The number of hydrogen-bond donors (Lipinski definition) is 1. The first-order valence-corrected chi connectivity index (χ1v) is 6.11. The third-order valence-electron chi connectivity index (χ3n) is 2.83. The number of nitrogens with one attached hydrogen (secondary N) is 1. The third-order valence-corrected chi connectivity index (χ3v) is 2.83. The van der Waals surface area contributed by atoms with Gasteiger partial charge in [-0.25, -0.2) is 9.48 Å². The molecule has 0 aliphatic carbocycles. The number of esters is 1. The van der Waals surface area contributed by atoms with E-state index in [1.54, 1.807) is 10.9 Å². The molecular formula is C11H18N4O2. The lowest BCUT2D eigenvalue weighted by Gasteiger charge is -2.26. The van der Waals surface area contributed by atoms with Crippen LogP contribution in [0.25, 0.3) is 0 Å². The fraction of sp³-hybridized carbons (Fsp3) is 0.727. The molecule has 2 heterocycles. The molecule has 17 heavy (non-hydrogen) atoms. The van der Waals surface area contributed by atoms with Gasteiger partial charge in [0, 0.05) is 13.1 Å². The van der Waals surface area contributed by atoms with Crippen LogP contribution in [0.2, 0.25) is 0 Å². The Morgan fingerprint density at radius 2 is 2.41 bits per heavy atom. The number of rotatable bonds is 6. The summed E-state index contributed by atoms with van der Waals surface area (Å²) < 4.78 is 6.83. The molecule has 6 heteroatoms. The molecule has 0 aromatic carbocycles. The predicted molar refractivity (Wildman–Crippen MR) is 61.7 cm³/mol. The van der Waals surface area contributed by atoms with Crippen molar-refractivity contribution < 1.29 is 9.53 Å². The van der Waals surface area contributed by atoms with Gasteiger partial charge in [0.25, 0.3) is 0 Å². The zero-order valence-electron chi connectivity index (χ0n) is 10.1. The normalized spacial score (nSPS) is 15.6. The number of unbranched alkanes of at least 4 members (excludes halogenated alkanes) is 2. The van der Waals surface area contributed by atoms with Crippen molar-refractivity contribution in [3.05, 3.63) is 11.9 Å². The highest BCUT2D eigenvalue weighted by atomic mass is 16.5. The van der Waals surface area contributed by atoms with E-state index in [2.05, 4.69) is 22.6 Å². The maximum absolute atomic E-state index is 11.6. The van der Waals surface area contributed by atoms with Crippen LogP contribution in [0.5, 0.6) is 0 Å². The molecule has 0 unspecified atom stereocenters. The van der Waals surface area contributed by atoms with Crippen LogP contribution in [0.1, 0.15) is 42.7 Å². The average Bonchev–Trinajstić information content (AvgIpc) is 2.71. The molecule has 1 aromatic rings. The Morgan fingerprint density at radius 3 is 3.06 bits per heavy atom. The van der Waals surface area contributed by atoms with E-state index in [1.807, 2.05) is 0 Å². The maximum Gasteiger partial charge on any atom is 0.360 e. The molecule has 1 aliphatic rings. The quantitative estimate of drug-likeness (QED) is 0.585. The molecule has 0 saturated carbocycles. The Morgan fingerprint density at radius 1 is 1.59 bits per heavy atom. The van der Waals surface area contributed by atoms with Crippen molar-refractivity contribution >= 4 is 5.97 Å². The lowest BCUT2D eigenvalue weighted by Crippen LogP contribution is -2.43. The Bertz CT molecular complexity index is 373. The number of nitrogens with zero attached hydrogens (tertiary/aromatic N) is 3. The standard InChI is InChI=1S/C11H18N4O2/c1-2-3-4-5-17-11(16)10-8-15(14-13-10)9-6-12-7-9/h8-9,12H,2-7H2,1H3. The van der Waals surface area contributed by atoms with Crippen LogP contribution in [0.3, 0.4) is 0 Å². The minimum absolute atomic E-state index is 0.299. The van der Waals surface area contributed by atoms with Gasteiger partial charge in [0.05, 0.1) is 18.8 Å². The fourth-order valence-electron chi connectivity index (χ4n) is 1.60. The second-order valence-electron chi connectivity index (χ2n) is 4.24. The van der Waals surface area contributed by atoms with Gasteiger partial charge >= 0.3 is 5.97 Å². The molecule has 2 rings (SSSR count). The second-order valence-corrected chi connectivity index (χ2v) is 4.24. The molecule has 0 radical (unpaired) electrons. The van der Waals surface area contributed by atoms with Gasteiger partial charge in [-0.05, 0) is 6.42 Å². The van der Waals surface area contributed by atoms with Crippen LogP contribution in [0.15, 0.2) is 6.20 Å². The van der Waals surface area contributed by atoms with Gasteiger partial charge in [-0.3, -0.25) is 0 Å². The van der Waals surface area contributed by atoms with Crippen LogP contribution >= 0.6 is 0 Å². The van der Waals surface area contributed by atoms with Crippen molar-refractivity contribution in [2.45, 2.75) is 32.2 Å². The SMILES string of the molecule is CCCCCOC(=O)c1cn(C2CNC2)nn1. The Hall–Kier alpha value is -1.43. The molecule has 1 saturated heterocycles. The zero-order valence-corrected chi connectivity index (χ0v) is 10.1. The molecule has 1 aliphatic heterocycles. The minimum atomic E-state index is -0.375. The van der Waals surface area contributed by atoms with Gasteiger partial charge in [0.1, 0.15) is 0 Å². The molecule has 1 fully saturated rings. The van der Waals surface area contributed by atoms with Crippen LogP contribution in [0.4, 0.5) is 0 Å². The van der Waals surface area contributed by atoms with E-state index < -0.39 is 0 Å². The molecule has 0 amide bonds. The van der Waals surface area contributed by atoms with E-state index in [0.717, 1.165) is 32.4 Å². The van der Waals surface area contributed by atoms with E-state index >= 15 is 0 Å². The number of carbonyl (C=O) groups excluding carboxylic acids is 1. The van der Waals surface area contributed by atoms with E-state index in [-0.39, 0.29) is 5.97 Å². The van der Waals surface area contributed by atoms with E-state index in [1.165, 1.54) is 0 Å². The molecule has 0 spiro atoms. The first-order valence-electron chi connectivity index (χ1n) is 6.11. The van der Waals surface area contributed by atoms with Gasteiger partial charge in [-0.2, -0.15) is 0 Å². The summed E-state index contributed by atoms with van der Waals surface area (Å²) in [5.74, 6) is -0.375. The Balaban J connectivity index is 1.80. The predicted octanol–water partition coefficient (Wildman–Crippen LogP) is 0.769. The topological polar surface area (TPSA) is 69.0 Å². The van der Waals surface area contributed by atoms with Crippen molar-refractivity contribution in [3.8, 4) is 0 Å². The van der Waals surface area contributed by atoms with E-state index in [4.69, 9.17) is 4.74 Å². The highest BCUT2D eigenvalue weighted by Crippen LogP contribution is 2.10. The van der Waals surface area contributed by atoms with Crippen molar-refractivity contribution in [1.82, 2.24) is 20.3 Å². The van der Waals surface area contributed by atoms with Gasteiger partial charge in [0.2, 0.25) is 0 Å². The number of aromatic nitrogens is 3. The van der Waals surface area contributed by atoms with Gasteiger partial charge in [-0.1, -0.05) is 25.0 Å². The second kappa shape index (κ2) is 5.77. The molecule has 1 N–H and O–H groups in total. The summed E-state index contributed by atoms with van der Waals surface area (Å²) in [6, 6.07) is 0.323. The minimum Gasteiger partial charge on any atom is -0.461 e. The van der Waals surface area contributed by atoms with Crippen molar-refractivity contribution in [1.29, 1.82) is 0 Å². The number of hydrogen-bond acceptors (Lipinski definition) is 5. The summed E-state index contributed by atoms with van der Waals surface area (Å²) in [5, 5.41) is 10.9. The first-order chi connectivity index (χ1) is 8.31. The summed E-state index contributed by atoms with van der Waals surface area (Å²) in [5.41, 5.74) is 0.299. The maximum atomic E-state index is 11.6. The summed E-state index contributed by atoms with van der Waals surface area (Å²) in [4.78, 5) is 11.6. The first kappa shape index (κ1) is 12.0. The summed E-state index contributed by atoms with van der Waals surface area (Å²) in [6.45, 7) is 4.34. The van der Waals surface area contributed by atoms with E-state index in [0.29, 0.717) is 18.3 Å². The smallest absolute Gasteiger partial charge is 0.360 e. The van der Waals surface area contributed by atoms with Crippen LogP contribution in [-0.2, 0) is 4.74 Å². The number of carbonyl (C=O) groups is 1. The molecule has 0 atom stereocenters. The lowest BCUT2D eigenvalue weighted by atomic mass is 10.2. The van der Waals surface area contributed by atoms with Crippen molar-refractivity contribution in [2.24, 2.45) is 0 Å². The molecule has 94 valence electrons. The fourth-order valence-corrected chi connectivity index (χ4v) is 1.60. The summed E-state index contributed by atoms with van der Waals surface area (Å²) in [7, 11) is 0. The van der Waals surface area contributed by atoms with Crippen LogP contribution in [0, 0.1) is 0 Å². The third kappa shape index (κ3) is 3.03. The zero-order chi connectivity index (χ0) is 12.1. The number of ether oxygens (including phenoxy) is 1. The average molecular weight is 238 g/mol. The largest absolute Gasteiger partial charge is 0.461 e. The van der Waals surface area contributed by atoms with E-state index in [9.17, 15) is 4.79 Å². The highest BCUT2D eigenvalue weighted by Gasteiger charge is 2.21. The molecule has 1 aromatic heterocycles. The van der Waals surface area contributed by atoms with Gasteiger partial charge in [0.15, 0.2) is 5.69 Å². The van der Waals surface area contributed by atoms with Gasteiger partial charge < -0.3 is 10.1 Å². The Labute approximate surface area is 100 Å². The Kier molecular flexibility index (Phi) is 4.08. The molecule has 0 bridgehead atoms. The lowest BCUT2D eigenvalue weighted by molar-refractivity contribution is 0.0491. The molecular weight excluding hydrogens is 220 g/mol. The molecule has 6 nitrogen and oxygen atoms in total. The van der Waals surface area contributed by atoms with Gasteiger partial charge in [-0.15, -0.1) is 5.10 Å².